The first-order chi connectivity index (χ1) is 13.6. The van der Waals surface area contributed by atoms with Crippen LogP contribution in [-0.4, -0.2) is 30.1 Å². The second-order valence-corrected chi connectivity index (χ2v) is 5.77. The number of hydrogen-bond acceptors (Lipinski definition) is 6. The summed E-state index contributed by atoms with van der Waals surface area (Å²) in [6.07, 6.45) is 1.48. The zero-order valence-electron chi connectivity index (χ0n) is 15.4. The second kappa shape index (κ2) is 8.81. The lowest BCUT2D eigenvalue weighted by atomic mass is 10.2. The molecule has 8 heteroatoms. The molecule has 0 saturated carbocycles. The normalized spacial score (nSPS) is 10.2. The molecule has 0 aliphatic carbocycles. The van der Waals surface area contributed by atoms with Crippen molar-refractivity contribution in [3.63, 3.8) is 0 Å². The molecule has 0 bridgehead atoms. The van der Waals surface area contributed by atoms with E-state index in [1.54, 1.807) is 38.5 Å². The number of hydrogen-bond donors (Lipinski definition) is 2. The first kappa shape index (κ1) is 19.1. The highest BCUT2D eigenvalue weighted by molar-refractivity contribution is 5.92. The van der Waals surface area contributed by atoms with Gasteiger partial charge in [0.05, 0.1) is 14.2 Å². The van der Waals surface area contributed by atoms with Gasteiger partial charge >= 0.3 is 0 Å². The van der Waals surface area contributed by atoms with Crippen LogP contribution in [0.15, 0.2) is 54.7 Å². The van der Waals surface area contributed by atoms with Crippen molar-refractivity contribution >= 4 is 17.5 Å². The molecule has 0 spiro atoms. The smallest absolute Gasteiger partial charge is 0.270 e. The second-order valence-electron chi connectivity index (χ2n) is 5.77. The molecule has 0 atom stereocenters. The molecule has 1 aromatic heterocycles. The van der Waals surface area contributed by atoms with E-state index in [4.69, 9.17) is 9.47 Å². The van der Waals surface area contributed by atoms with E-state index in [2.05, 4.69) is 20.6 Å². The lowest BCUT2D eigenvalue weighted by Crippen LogP contribution is -2.24. The number of halogens is 1. The Hall–Kier alpha value is -3.68. The fourth-order valence-corrected chi connectivity index (χ4v) is 2.47. The molecule has 0 radical (unpaired) electrons. The third kappa shape index (κ3) is 4.73. The van der Waals surface area contributed by atoms with Gasteiger partial charge in [-0.2, -0.15) is 0 Å². The fraction of sp³-hybridized carbons (Fsp3) is 0.150. The van der Waals surface area contributed by atoms with Crippen LogP contribution >= 0.6 is 0 Å². The van der Waals surface area contributed by atoms with Gasteiger partial charge in [-0.3, -0.25) is 4.79 Å². The van der Waals surface area contributed by atoms with Crippen LogP contribution in [0.5, 0.6) is 11.5 Å². The number of ether oxygens (including phenoxy) is 2. The summed E-state index contributed by atoms with van der Waals surface area (Å²) in [5, 5.41) is 5.73. The van der Waals surface area contributed by atoms with E-state index in [1.165, 1.54) is 24.4 Å². The van der Waals surface area contributed by atoms with Crippen LogP contribution < -0.4 is 20.1 Å². The predicted octanol–water partition coefficient (Wildman–Crippen LogP) is 3.31. The third-order valence-corrected chi connectivity index (χ3v) is 3.89. The highest BCUT2D eigenvalue weighted by Gasteiger charge is 2.10. The Morgan fingerprint density at radius 3 is 2.50 bits per heavy atom. The third-order valence-electron chi connectivity index (χ3n) is 3.89. The summed E-state index contributed by atoms with van der Waals surface area (Å²) < 4.78 is 23.4. The minimum Gasteiger partial charge on any atom is -0.493 e. The SMILES string of the molecule is COc1ccc(CNC(=O)c2ccnc(Nc3ccc(F)cc3)n2)cc1OC. The summed E-state index contributed by atoms with van der Waals surface area (Å²) in [4.78, 5) is 20.7. The van der Waals surface area contributed by atoms with Gasteiger partial charge in [-0.1, -0.05) is 6.07 Å². The number of nitrogens with zero attached hydrogens (tertiary/aromatic N) is 2. The van der Waals surface area contributed by atoms with Crippen molar-refractivity contribution in [1.82, 2.24) is 15.3 Å². The largest absolute Gasteiger partial charge is 0.493 e. The number of anilines is 2. The molecule has 2 aromatic carbocycles. The maximum absolute atomic E-state index is 13.0. The van der Waals surface area contributed by atoms with Crippen molar-refractivity contribution in [2.24, 2.45) is 0 Å². The first-order valence-electron chi connectivity index (χ1n) is 8.44. The molecule has 0 saturated heterocycles. The van der Waals surface area contributed by atoms with E-state index in [9.17, 15) is 9.18 Å². The number of carbonyl (C=O) groups excluding carboxylic acids is 1. The van der Waals surface area contributed by atoms with Crippen LogP contribution in [0, 0.1) is 5.82 Å². The fourth-order valence-electron chi connectivity index (χ4n) is 2.47. The van der Waals surface area contributed by atoms with Gasteiger partial charge < -0.3 is 20.1 Å². The lowest BCUT2D eigenvalue weighted by molar-refractivity contribution is 0.0946. The van der Waals surface area contributed by atoms with Gasteiger partial charge in [0.25, 0.3) is 5.91 Å². The molecule has 0 unspecified atom stereocenters. The zero-order chi connectivity index (χ0) is 19.9. The Morgan fingerprint density at radius 1 is 1.04 bits per heavy atom. The van der Waals surface area contributed by atoms with Crippen molar-refractivity contribution in [3.05, 3.63) is 71.8 Å². The average molecular weight is 382 g/mol. The highest BCUT2D eigenvalue weighted by atomic mass is 19.1. The number of aromatic nitrogens is 2. The molecule has 3 rings (SSSR count). The van der Waals surface area contributed by atoms with Gasteiger partial charge in [-0.25, -0.2) is 14.4 Å². The molecule has 0 fully saturated rings. The molecule has 7 nitrogen and oxygen atoms in total. The van der Waals surface area contributed by atoms with Crippen LogP contribution in [0.25, 0.3) is 0 Å². The molecular formula is C20H19FN4O3. The summed E-state index contributed by atoms with van der Waals surface area (Å²) in [5.41, 5.74) is 1.68. The summed E-state index contributed by atoms with van der Waals surface area (Å²) in [6, 6.07) is 12.7. The van der Waals surface area contributed by atoms with E-state index in [1.807, 2.05) is 6.07 Å². The molecule has 1 amide bonds. The van der Waals surface area contributed by atoms with Crippen molar-refractivity contribution in [1.29, 1.82) is 0 Å². The molecule has 0 aliphatic rings. The van der Waals surface area contributed by atoms with Gasteiger partial charge in [0.1, 0.15) is 11.5 Å². The van der Waals surface area contributed by atoms with Gasteiger partial charge in [0, 0.05) is 18.4 Å². The average Bonchev–Trinajstić information content (AvgIpc) is 2.73. The van der Waals surface area contributed by atoms with Crippen LogP contribution in [0.2, 0.25) is 0 Å². The van der Waals surface area contributed by atoms with Crippen molar-refractivity contribution in [2.45, 2.75) is 6.54 Å². The monoisotopic (exact) mass is 382 g/mol. The quantitative estimate of drug-likeness (QED) is 0.652. The van der Waals surface area contributed by atoms with Crippen LogP contribution in [0.4, 0.5) is 16.0 Å². The van der Waals surface area contributed by atoms with E-state index in [0.717, 1.165) is 5.56 Å². The van der Waals surface area contributed by atoms with Crippen molar-refractivity contribution in [2.75, 3.05) is 19.5 Å². The number of methoxy groups -OCH3 is 2. The number of carbonyl (C=O) groups is 1. The molecular weight excluding hydrogens is 363 g/mol. The van der Waals surface area contributed by atoms with Gasteiger partial charge in [-0.15, -0.1) is 0 Å². The highest BCUT2D eigenvalue weighted by Crippen LogP contribution is 2.27. The zero-order valence-corrected chi connectivity index (χ0v) is 15.4. The molecule has 1 heterocycles. The minimum absolute atomic E-state index is 0.208. The van der Waals surface area contributed by atoms with E-state index >= 15 is 0 Å². The topological polar surface area (TPSA) is 85.4 Å². The first-order valence-corrected chi connectivity index (χ1v) is 8.44. The summed E-state index contributed by atoms with van der Waals surface area (Å²) in [7, 11) is 3.11. The Labute approximate surface area is 161 Å². The Kier molecular flexibility index (Phi) is 6.01. The molecule has 2 N–H and O–H groups in total. The lowest BCUT2D eigenvalue weighted by Gasteiger charge is -2.10. The molecule has 3 aromatic rings. The molecule has 28 heavy (non-hydrogen) atoms. The Bertz CT molecular complexity index is 964. The summed E-state index contributed by atoms with van der Waals surface area (Å²) in [6.45, 7) is 0.296. The maximum atomic E-state index is 13.0. The molecule has 144 valence electrons. The van der Waals surface area contributed by atoms with Crippen LogP contribution in [0.1, 0.15) is 16.1 Å². The molecule has 0 aliphatic heterocycles. The number of benzene rings is 2. The number of rotatable bonds is 7. The van der Waals surface area contributed by atoms with Gasteiger partial charge in [-0.05, 0) is 48.0 Å². The van der Waals surface area contributed by atoms with Gasteiger partial charge in [0.2, 0.25) is 5.95 Å². The Morgan fingerprint density at radius 2 is 1.79 bits per heavy atom. The van der Waals surface area contributed by atoms with Crippen molar-refractivity contribution < 1.29 is 18.7 Å². The summed E-state index contributed by atoms with van der Waals surface area (Å²) >= 11 is 0. The van der Waals surface area contributed by atoms with E-state index in [0.29, 0.717) is 23.7 Å². The van der Waals surface area contributed by atoms with Crippen molar-refractivity contribution in [3.8, 4) is 11.5 Å². The van der Waals surface area contributed by atoms with E-state index < -0.39 is 0 Å². The minimum atomic E-state index is -0.348. The predicted molar refractivity (Wildman–Crippen MR) is 102 cm³/mol. The number of amides is 1. The maximum Gasteiger partial charge on any atom is 0.270 e. The standard InChI is InChI=1S/C20H19FN4O3/c1-27-17-8-3-13(11-18(17)28-2)12-23-19(26)16-9-10-22-20(25-16)24-15-6-4-14(21)5-7-15/h3-11H,12H2,1-2H3,(H,23,26)(H,22,24,25). The summed E-state index contributed by atoms with van der Waals surface area (Å²) in [5.74, 6) is 0.756. The van der Waals surface area contributed by atoms with E-state index in [-0.39, 0.29) is 23.4 Å². The Balaban J connectivity index is 1.65. The van der Waals surface area contributed by atoms with Crippen LogP contribution in [-0.2, 0) is 6.54 Å². The number of nitrogens with one attached hydrogen (secondary N) is 2. The van der Waals surface area contributed by atoms with Crippen LogP contribution in [0.3, 0.4) is 0 Å². The van der Waals surface area contributed by atoms with Gasteiger partial charge in [0.15, 0.2) is 11.5 Å².